The lowest BCUT2D eigenvalue weighted by molar-refractivity contribution is 0.0944. The fraction of sp³-hybridized carbons (Fsp3) is 0.300. The first-order chi connectivity index (χ1) is 13.4. The highest BCUT2D eigenvalue weighted by Gasteiger charge is 2.34. The van der Waals surface area contributed by atoms with Crippen molar-refractivity contribution < 1.29 is 4.79 Å². The van der Waals surface area contributed by atoms with Crippen molar-refractivity contribution in [3.8, 4) is 5.69 Å². The maximum Gasteiger partial charge on any atom is 0.274 e. The number of aromatic nitrogens is 4. The topological polar surface area (TPSA) is 92.7 Å². The standard InChI is InChI=1S/C20H20BrN5O2/c1-11-9-12(2)23-19(27)16(11)10-22-20(28)17-18(13-3-4-13)26(25-24-17)15-7-5-14(21)6-8-15/h5-9,13H,3-4,10H2,1-2H3,(H,22,28)(H,23,27). The zero-order valence-corrected chi connectivity index (χ0v) is 17.2. The SMILES string of the molecule is Cc1cc(C)c(CNC(=O)c2nnn(-c3ccc(Br)cc3)c2C2CC2)c(=O)[nH]1. The first-order valence-corrected chi connectivity index (χ1v) is 9.92. The number of hydrogen-bond acceptors (Lipinski definition) is 4. The number of carbonyl (C=O) groups is 1. The van der Waals surface area contributed by atoms with Crippen LogP contribution in [-0.2, 0) is 6.54 Å². The van der Waals surface area contributed by atoms with Crippen LogP contribution in [0.4, 0.5) is 0 Å². The van der Waals surface area contributed by atoms with E-state index in [-0.39, 0.29) is 23.9 Å². The molecule has 1 aliphatic carbocycles. The summed E-state index contributed by atoms with van der Waals surface area (Å²) in [5.74, 6) is -0.0338. The summed E-state index contributed by atoms with van der Waals surface area (Å²) in [5, 5.41) is 11.2. The summed E-state index contributed by atoms with van der Waals surface area (Å²) in [6.45, 7) is 3.85. The number of nitrogens with one attached hydrogen (secondary N) is 2. The Bertz CT molecular complexity index is 1100. The van der Waals surface area contributed by atoms with E-state index in [9.17, 15) is 9.59 Å². The number of aryl methyl sites for hydroxylation is 2. The second-order valence-corrected chi connectivity index (χ2v) is 8.03. The van der Waals surface area contributed by atoms with Gasteiger partial charge in [-0.1, -0.05) is 21.1 Å². The molecule has 0 spiro atoms. The molecule has 1 aliphatic rings. The van der Waals surface area contributed by atoms with Crippen molar-refractivity contribution in [2.24, 2.45) is 0 Å². The highest BCUT2D eigenvalue weighted by molar-refractivity contribution is 9.10. The number of aromatic amines is 1. The van der Waals surface area contributed by atoms with Gasteiger partial charge in [0, 0.05) is 28.2 Å². The Morgan fingerprint density at radius 1 is 1.29 bits per heavy atom. The summed E-state index contributed by atoms with van der Waals surface area (Å²) < 4.78 is 2.71. The molecule has 2 heterocycles. The molecule has 144 valence electrons. The molecule has 0 saturated heterocycles. The van der Waals surface area contributed by atoms with Crippen molar-refractivity contribution in [3.05, 3.63) is 73.4 Å². The van der Waals surface area contributed by atoms with E-state index in [1.165, 1.54) is 0 Å². The summed E-state index contributed by atoms with van der Waals surface area (Å²) in [4.78, 5) is 27.8. The maximum absolute atomic E-state index is 12.8. The fourth-order valence-corrected chi connectivity index (χ4v) is 3.56. The van der Waals surface area contributed by atoms with Crippen molar-refractivity contribution in [3.63, 3.8) is 0 Å². The number of pyridine rings is 1. The number of H-pyrrole nitrogens is 1. The van der Waals surface area contributed by atoms with Gasteiger partial charge < -0.3 is 10.3 Å². The van der Waals surface area contributed by atoms with E-state index in [4.69, 9.17) is 0 Å². The van der Waals surface area contributed by atoms with E-state index in [1.807, 2.05) is 44.2 Å². The highest BCUT2D eigenvalue weighted by Crippen LogP contribution is 2.42. The van der Waals surface area contributed by atoms with Gasteiger partial charge in [0.05, 0.1) is 11.4 Å². The second-order valence-electron chi connectivity index (χ2n) is 7.11. The highest BCUT2D eigenvalue weighted by atomic mass is 79.9. The monoisotopic (exact) mass is 441 g/mol. The molecule has 0 unspecified atom stereocenters. The average Bonchev–Trinajstić information content (AvgIpc) is 3.39. The van der Waals surface area contributed by atoms with Crippen LogP contribution in [-0.4, -0.2) is 25.9 Å². The number of benzene rings is 1. The molecule has 7 nitrogen and oxygen atoms in total. The van der Waals surface area contributed by atoms with Crippen LogP contribution in [0.25, 0.3) is 5.69 Å². The van der Waals surface area contributed by atoms with Gasteiger partial charge >= 0.3 is 0 Å². The van der Waals surface area contributed by atoms with Crippen LogP contribution in [0.1, 0.15) is 51.8 Å². The Labute approximate surface area is 170 Å². The molecule has 0 aliphatic heterocycles. The molecule has 1 fully saturated rings. The molecule has 0 bridgehead atoms. The van der Waals surface area contributed by atoms with Crippen LogP contribution in [0.15, 0.2) is 39.6 Å². The third-order valence-corrected chi connectivity index (χ3v) is 5.40. The normalized spacial score (nSPS) is 13.5. The van der Waals surface area contributed by atoms with Gasteiger partial charge in [-0.05, 0) is 62.6 Å². The predicted molar refractivity (Wildman–Crippen MR) is 109 cm³/mol. The van der Waals surface area contributed by atoms with Crippen LogP contribution < -0.4 is 10.9 Å². The summed E-state index contributed by atoms with van der Waals surface area (Å²) in [6.07, 6.45) is 2.03. The third kappa shape index (κ3) is 3.64. The molecule has 2 N–H and O–H groups in total. The van der Waals surface area contributed by atoms with Gasteiger partial charge in [0.15, 0.2) is 5.69 Å². The Morgan fingerprint density at radius 2 is 2.00 bits per heavy atom. The molecule has 8 heteroatoms. The minimum Gasteiger partial charge on any atom is -0.346 e. The van der Waals surface area contributed by atoms with E-state index < -0.39 is 0 Å². The summed E-state index contributed by atoms with van der Waals surface area (Å²) in [5.41, 5.74) is 4.03. The number of hydrogen-bond donors (Lipinski definition) is 2. The molecular weight excluding hydrogens is 422 g/mol. The van der Waals surface area contributed by atoms with Gasteiger partial charge in [-0.2, -0.15) is 0 Å². The fourth-order valence-electron chi connectivity index (χ4n) is 3.30. The van der Waals surface area contributed by atoms with E-state index in [1.54, 1.807) is 4.68 Å². The van der Waals surface area contributed by atoms with Crippen molar-refractivity contribution in [1.29, 1.82) is 0 Å². The van der Waals surface area contributed by atoms with Gasteiger partial charge in [0.25, 0.3) is 11.5 Å². The quantitative estimate of drug-likeness (QED) is 0.635. The lowest BCUT2D eigenvalue weighted by atomic mass is 10.1. The van der Waals surface area contributed by atoms with E-state index in [0.29, 0.717) is 11.3 Å². The largest absolute Gasteiger partial charge is 0.346 e. The van der Waals surface area contributed by atoms with Crippen molar-refractivity contribution in [2.45, 2.75) is 39.2 Å². The number of rotatable bonds is 5. The van der Waals surface area contributed by atoms with Gasteiger partial charge in [-0.15, -0.1) is 5.10 Å². The average molecular weight is 442 g/mol. The number of amides is 1. The zero-order chi connectivity index (χ0) is 19.8. The molecule has 3 aromatic rings. The van der Waals surface area contributed by atoms with Gasteiger partial charge in [0.2, 0.25) is 0 Å². The van der Waals surface area contributed by atoms with Crippen LogP contribution in [0.3, 0.4) is 0 Å². The van der Waals surface area contributed by atoms with E-state index in [2.05, 4.69) is 36.5 Å². The number of carbonyl (C=O) groups excluding carboxylic acids is 1. The van der Waals surface area contributed by atoms with Crippen molar-refractivity contribution in [2.75, 3.05) is 0 Å². The van der Waals surface area contributed by atoms with Gasteiger partial charge in [0.1, 0.15) is 0 Å². The molecule has 1 amide bonds. The number of nitrogens with zero attached hydrogens (tertiary/aromatic N) is 3. The Balaban J connectivity index is 1.60. The molecule has 1 saturated carbocycles. The molecule has 0 atom stereocenters. The lowest BCUT2D eigenvalue weighted by Crippen LogP contribution is -2.29. The van der Waals surface area contributed by atoms with Crippen LogP contribution in [0.2, 0.25) is 0 Å². The first kappa shape index (κ1) is 18.6. The van der Waals surface area contributed by atoms with Crippen LogP contribution in [0, 0.1) is 13.8 Å². The third-order valence-electron chi connectivity index (χ3n) is 4.87. The second kappa shape index (κ2) is 7.35. The Morgan fingerprint density at radius 3 is 2.64 bits per heavy atom. The van der Waals surface area contributed by atoms with Crippen molar-refractivity contribution >= 4 is 21.8 Å². The van der Waals surface area contributed by atoms with Gasteiger partial charge in [-0.3, -0.25) is 9.59 Å². The molecule has 2 aromatic heterocycles. The smallest absolute Gasteiger partial charge is 0.274 e. The number of halogens is 1. The van der Waals surface area contributed by atoms with E-state index in [0.717, 1.165) is 40.0 Å². The van der Waals surface area contributed by atoms with Crippen LogP contribution >= 0.6 is 15.9 Å². The predicted octanol–water partition coefficient (Wildman–Crippen LogP) is 3.14. The molecule has 4 rings (SSSR count). The molecule has 0 radical (unpaired) electrons. The molecular formula is C20H20BrN5O2. The van der Waals surface area contributed by atoms with Crippen molar-refractivity contribution in [1.82, 2.24) is 25.3 Å². The van der Waals surface area contributed by atoms with Crippen LogP contribution in [0.5, 0.6) is 0 Å². The minimum atomic E-state index is -0.315. The minimum absolute atomic E-state index is 0.148. The maximum atomic E-state index is 12.8. The van der Waals surface area contributed by atoms with E-state index >= 15 is 0 Å². The summed E-state index contributed by atoms with van der Waals surface area (Å²) in [7, 11) is 0. The Kier molecular flexibility index (Phi) is 4.89. The lowest BCUT2D eigenvalue weighted by Gasteiger charge is -2.09. The molecule has 1 aromatic carbocycles. The zero-order valence-electron chi connectivity index (χ0n) is 15.6. The summed E-state index contributed by atoms with van der Waals surface area (Å²) in [6, 6.07) is 9.62. The summed E-state index contributed by atoms with van der Waals surface area (Å²) >= 11 is 3.43. The van der Waals surface area contributed by atoms with Gasteiger partial charge in [-0.25, -0.2) is 4.68 Å². The first-order valence-electron chi connectivity index (χ1n) is 9.13. The molecule has 28 heavy (non-hydrogen) atoms. The Hall–Kier alpha value is -2.74.